The quantitative estimate of drug-likeness (QED) is 0.713. The maximum atomic E-state index is 11.9. The third-order valence-electron chi connectivity index (χ3n) is 3.64. The maximum Gasteiger partial charge on any atom is 0.322 e. The number of benzene rings is 1. The number of nitrogens with zero attached hydrogens (tertiary/aromatic N) is 1. The second-order valence-corrected chi connectivity index (χ2v) is 5.21. The van der Waals surface area contributed by atoms with Crippen molar-refractivity contribution in [3.63, 3.8) is 0 Å². The number of hydrogen-bond acceptors (Lipinski definition) is 4. The SMILES string of the molecule is O=C(NN1CCC[C@H]1C(=O)O)[C@H](O)CCc1ccccc1. The van der Waals surface area contributed by atoms with Crippen molar-refractivity contribution < 1.29 is 19.8 Å². The largest absolute Gasteiger partial charge is 0.480 e. The van der Waals surface area contributed by atoms with E-state index in [1.807, 2.05) is 30.3 Å². The molecule has 0 aromatic heterocycles. The number of rotatable bonds is 6. The summed E-state index contributed by atoms with van der Waals surface area (Å²) < 4.78 is 0. The normalized spacial score (nSPS) is 20.1. The van der Waals surface area contributed by atoms with Crippen LogP contribution in [0.5, 0.6) is 0 Å². The highest BCUT2D eigenvalue weighted by Gasteiger charge is 2.32. The molecule has 2 rings (SSSR count). The van der Waals surface area contributed by atoms with E-state index in [0.717, 1.165) is 12.0 Å². The van der Waals surface area contributed by atoms with Crippen LogP contribution < -0.4 is 5.43 Å². The summed E-state index contributed by atoms with van der Waals surface area (Å²) in [5, 5.41) is 20.3. The molecule has 21 heavy (non-hydrogen) atoms. The number of aryl methyl sites for hydroxylation is 1. The van der Waals surface area contributed by atoms with Crippen molar-refractivity contribution in [2.75, 3.05) is 6.54 Å². The van der Waals surface area contributed by atoms with Crippen LogP contribution in [0.15, 0.2) is 30.3 Å². The van der Waals surface area contributed by atoms with Gasteiger partial charge in [0.2, 0.25) is 0 Å². The Hall–Kier alpha value is -1.92. The van der Waals surface area contributed by atoms with Gasteiger partial charge in [0.1, 0.15) is 12.1 Å². The number of carboxylic acid groups (broad SMARTS) is 1. The van der Waals surface area contributed by atoms with Crippen LogP contribution in [0.3, 0.4) is 0 Å². The van der Waals surface area contributed by atoms with Crippen LogP contribution in [-0.2, 0) is 16.0 Å². The molecule has 114 valence electrons. The molecule has 1 aromatic carbocycles. The molecule has 0 radical (unpaired) electrons. The summed E-state index contributed by atoms with van der Waals surface area (Å²) in [6.45, 7) is 0.494. The zero-order valence-corrected chi connectivity index (χ0v) is 11.7. The lowest BCUT2D eigenvalue weighted by Gasteiger charge is -2.23. The molecule has 1 amide bonds. The molecule has 1 aliphatic rings. The van der Waals surface area contributed by atoms with Gasteiger partial charge >= 0.3 is 5.97 Å². The zero-order chi connectivity index (χ0) is 15.2. The van der Waals surface area contributed by atoms with Crippen molar-refractivity contribution in [2.45, 2.75) is 37.8 Å². The van der Waals surface area contributed by atoms with Crippen molar-refractivity contribution >= 4 is 11.9 Å². The Balaban J connectivity index is 1.81. The second kappa shape index (κ2) is 7.19. The van der Waals surface area contributed by atoms with Crippen LogP contribution in [0.2, 0.25) is 0 Å². The van der Waals surface area contributed by atoms with Gasteiger partial charge in [-0.25, -0.2) is 5.01 Å². The summed E-state index contributed by atoms with van der Waals surface area (Å²) in [6.07, 6.45) is 0.993. The van der Waals surface area contributed by atoms with Crippen molar-refractivity contribution in [3.05, 3.63) is 35.9 Å². The molecule has 1 aliphatic heterocycles. The fraction of sp³-hybridized carbons (Fsp3) is 0.467. The van der Waals surface area contributed by atoms with Gasteiger partial charge in [-0.3, -0.25) is 15.0 Å². The minimum atomic E-state index is -1.14. The lowest BCUT2D eigenvalue weighted by Crippen LogP contribution is -2.51. The Bertz CT molecular complexity index is 492. The molecule has 1 saturated heterocycles. The number of amides is 1. The van der Waals surface area contributed by atoms with Gasteiger partial charge in [-0.15, -0.1) is 0 Å². The van der Waals surface area contributed by atoms with Crippen LogP contribution in [0.4, 0.5) is 0 Å². The van der Waals surface area contributed by atoms with E-state index >= 15 is 0 Å². The van der Waals surface area contributed by atoms with E-state index in [0.29, 0.717) is 25.8 Å². The van der Waals surface area contributed by atoms with Crippen LogP contribution >= 0.6 is 0 Å². The Kier molecular flexibility index (Phi) is 5.30. The van der Waals surface area contributed by atoms with Crippen molar-refractivity contribution in [1.29, 1.82) is 0 Å². The first-order chi connectivity index (χ1) is 10.1. The van der Waals surface area contributed by atoms with Gasteiger partial charge in [-0.2, -0.15) is 0 Å². The van der Waals surface area contributed by atoms with Gasteiger partial charge in [0.25, 0.3) is 5.91 Å². The predicted octanol–water partition coefficient (Wildman–Crippen LogP) is 0.560. The molecule has 1 aromatic rings. The molecule has 0 unspecified atom stereocenters. The Labute approximate surface area is 123 Å². The number of carbonyl (C=O) groups excluding carboxylic acids is 1. The second-order valence-electron chi connectivity index (χ2n) is 5.21. The zero-order valence-electron chi connectivity index (χ0n) is 11.7. The monoisotopic (exact) mass is 292 g/mol. The van der Waals surface area contributed by atoms with E-state index in [9.17, 15) is 14.7 Å². The van der Waals surface area contributed by atoms with Gasteiger partial charge in [0.15, 0.2) is 0 Å². The fourth-order valence-electron chi connectivity index (χ4n) is 2.45. The maximum absolute atomic E-state index is 11.9. The van der Waals surface area contributed by atoms with Crippen LogP contribution in [0.25, 0.3) is 0 Å². The topological polar surface area (TPSA) is 89.9 Å². The molecule has 0 spiro atoms. The molecule has 6 nitrogen and oxygen atoms in total. The summed E-state index contributed by atoms with van der Waals surface area (Å²) in [7, 11) is 0. The minimum absolute atomic E-state index is 0.307. The van der Waals surface area contributed by atoms with E-state index in [1.165, 1.54) is 5.01 Å². The standard InChI is InChI=1S/C15H20N2O4/c18-13(9-8-11-5-2-1-3-6-11)14(19)16-17-10-4-7-12(17)15(20)21/h1-3,5-6,12-13,18H,4,7-10H2,(H,16,19)(H,20,21)/t12-,13+/m0/s1. The number of carbonyl (C=O) groups is 2. The van der Waals surface area contributed by atoms with E-state index in [2.05, 4.69) is 5.43 Å². The summed E-state index contributed by atoms with van der Waals surface area (Å²) in [4.78, 5) is 22.9. The van der Waals surface area contributed by atoms with E-state index in [4.69, 9.17) is 5.11 Å². The van der Waals surface area contributed by atoms with Gasteiger partial charge < -0.3 is 10.2 Å². The molecule has 1 fully saturated rings. The number of aliphatic carboxylic acids is 1. The van der Waals surface area contributed by atoms with Crippen molar-refractivity contribution in [1.82, 2.24) is 10.4 Å². The van der Waals surface area contributed by atoms with Crippen LogP contribution in [0.1, 0.15) is 24.8 Å². The first kappa shape index (κ1) is 15.5. The molecule has 0 bridgehead atoms. The minimum Gasteiger partial charge on any atom is -0.480 e. The summed E-state index contributed by atoms with van der Waals surface area (Å²) in [6, 6.07) is 8.89. The van der Waals surface area contributed by atoms with Gasteiger partial charge in [-0.05, 0) is 31.2 Å². The number of hydrogen-bond donors (Lipinski definition) is 3. The summed E-state index contributed by atoms with van der Waals surface area (Å²) in [5.74, 6) is -1.49. The number of hydrazine groups is 1. The van der Waals surface area contributed by atoms with Crippen LogP contribution in [-0.4, -0.2) is 45.8 Å². The van der Waals surface area contributed by atoms with Gasteiger partial charge in [-0.1, -0.05) is 30.3 Å². The first-order valence-electron chi connectivity index (χ1n) is 7.10. The average molecular weight is 292 g/mol. The Morgan fingerprint density at radius 1 is 1.33 bits per heavy atom. The van der Waals surface area contributed by atoms with Crippen molar-refractivity contribution in [3.8, 4) is 0 Å². The summed E-state index contributed by atoms with van der Waals surface area (Å²) in [5.41, 5.74) is 3.56. The third-order valence-corrected chi connectivity index (χ3v) is 3.64. The van der Waals surface area contributed by atoms with Crippen molar-refractivity contribution in [2.24, 2.45) is 0 Å². The average Bonchev–Trinajstić information content (AvgIpc) is 2.94. The Morgan fingerprint density at radius 3 is 2.71 bits per heavy atom. The number of carboxylic acids is 1. The molecule has 6 heteroatoms. The molecule has 2 atom stereocenters. The van der Waals surface area contributed by atoms with Crippen LogP contribution in [0, 0.1) is 0 Å². The molecule has 3 N–H and O–H groups in total. The lowest BCUT2D eigenvalue weighted by molar-refractivity contribution is -0.146. The fourth-order valence-corrected chi connectivity index (χ4v) is 2.45. The first-order valence-corrected chi connectivity index (χ1v) is 7.10. The van der Waals surface area contributed by atoms with Gasteiger partial charge in [0.05, 0.1) is 0 Å². The highest BCUT2D eigenvalue weighted by molar-refractivity contribution is 5.81. The molecular formula is C15H20N2O4. The summed E-state index contributed by atoms with van der Waals surface area (Å²) >= 11 is 0. The number of aliphatic hydroxyl groups is 1. The molecule has 1 heterocycles. The highest BCUT2D eigenvalue weighted by atomic mass is 16.4. The molecule has 0 saturated carbocycles. The van der Waals surface area contributed by atoms with Gasteiger partial charge in [0, 0.05) is 6.54 Å². The van der Waals surface area contributed by atoms with E-state index < -0.39 is 24.0 Å². The molecule has 0 aliphatic carbocycles. The van der Waals surface area contributed by atoms with E-state index in [1.54, 1.807) is 0 Å². The Morgan fingerprint density at radius 2 is 2.05 bits per heavy atom. The highest BCUT2D eigenvalue weighted by Crippen LogP contribution is 2.15. The van der Waals surface area contributed by atoms with E-state index in [-0.39, 0.29) is 0 Å². The smallest absolute Gasteiger partial charge is 0.322 e. The predicted molar refractivity (Wildman–Crippen MR) is 76.3 cm³/mol. The molecular weight excluding hydrogens is 272 g/mol. The number of aliphatic hydroxyl groups excluding tert-OH is 1. The lowest BCUT2D eigenvalue weighted by atomic mass is 10.1. The third kappa shape index (κ3) is 4.27. The number of nitrogens with one attached hydrogen (secondary N) is 1.